The van der Waals surface area contributed by atoms with Gasteiger partial charge < -0.3 is 9.84 Å². The second-order valence-electron chi connectivity index (χ2n) is 2.67. The van der Waals surface area contributed by atoms with Crippen LogP contribution in [0.25, 0.3) is 0 Å². The smallest absolute Gasteiger partial charge is 0.337 e. The van der Waals surface area contributed by atoms with Crippen molar-refractivity contribution in [3.05, 3.63) is 29.6 Å². The van der Waals surface area contributed by atoms with Crippen molar-refractivity contribution in [2.75, 3.05) is 0 Å². The highest BCUT2D eigenvalue weighted by molar-refractivity contribution is 5.87. The molecule has 0 amide bonds. The van der Waals surface area contributed by atoms with Crippen LogP contribution in [0.1, 0.15) is 22.8 Å². The van der Waals surface area contributed by atoms with Crippen LogP contribution in [0.15, 0.2) is 18.5 Å². The maximum Gasteiger partial charge on any atom is 0.337 e. The van der Waals surface area contributed by atoms with E-state index < -0.39 is 11.9 Å². The first-order valence-electron chi connectivity index (χ1n) is 3.90. The zero-order chi connectivity index (χ0) is 10.6. The summed E-state index contributed by atoms with van der Waals surface area (Å²) in [6.07, 6.45) is 2.69. The quantitative estimate of drug-likeness (QED) is 0.723. The molecule has 14 heavy (non-hydrogen) atoms. The number of carbonyl (C=O) groups excluding carboxylic acids is 1. The minimum atomic E-state index is -1.05. The van der Waals surface area contributed by atoms with Gasteiger partial charge in [0.25, 0.3) is 0 Å². The number of ether oxygens (including phenoxy) is 1. The molecule has 0 fully saturated rings. The first-order valence-corrected chi connectivity index (χ1v) is 3.90. The Morgan fingerprint density at radius 2 is 2.21 bits per heavy atom. The number of pyridine rings is 1. The standard InChI is InChI=1S/C9H9NO4/c1-6(11)14-5-7-2-8(9(12)13)4-10-3-7/h2-4H,5H2,1H3,(H,12,13). The van der Waals surface area contributed by atoms with Crippen molar-refractivity contribution in [3.8, 4) is 0 Å². The van der Waals surface area contributed by atoms with E-state index in [0.29, 0.717) is 5.56 Å². The Morgan fingerprint density at radius 3 is 2.79 bits per heavy atom. The number of carbonyl (C=O) groups is 2. The van der Waals surface area contributed by atoms with E-state index in [1.165, 1.54) is 25.4 Å². The molecule has 0 aliphatic heterocycles. The molecule has 0 atom stereocenters. The lowest BCUT2D eigenvalue weighted by molar-refractivity contribution is -0.142. The Morgan fingerprint density at radius 1 is 1.50 bits per heavy atom. The number of hydrogen-bond donors (Lipinski definition) is 1. The predicted octanol–water partition coefficient (Wildman–Crippen LogP) is 0.843. The molecule has 74 valence electrons. The number of carboxylic acid groups (broad SMARTS) is 1. The van der Waals surface area contributed by atoms with Gasteiger partial charge in [0.15, 0.2) is 0 Å². The molecule has 0 saturated carbocycles. The third kappa shape index (κ3) is 2.85. The molecule has 0 unspecified atom stereocenters. The van der Waals surface area contributed by atoms with Crippen LogP contribution in [0.5, 0.6) is 0 Å². The molecule has 0 saturated heterocycles. The van der Waals surface area contributed by atoms with Crippen LogP contribution in [0, 0.1) is 0 Å². The summed E-state index contributed by atoms with van der Waals surface area (Å²) in [5.74, 6) is -1.46. The van der Waals surface area contributed by atoms with Gasteiger partial charge in [-0.05, 0) is 6.07 Å². The highest BCUT2D eigenvalue weighted by atomic mass is 16.5. The van der Waals surface area contributed by atoms with Crippen LogP contribution in [0.2, 0.25) is 0 Å². The van der Waals surface area contributed by atoms with E-state index in [0.717, 1.165) is 0 Å². The maximum atomic E-state index is 10.5. The van der Waals surface area contributed by atoms with E-state index >= 15 is 0 Å². The lowest BCUT2D eigenvalue weighted by Crippen LogP contribution is -2.02. The molecule has 0 aliphatic carbocycles. The van der Waals surface area contributed by atoms with Crippen LogP contribution < -0.4 is 0 Å². The molecule has 1 N–H and O–H groups in total. The maximum absolute atomic E-state index is 10.5. The van der Waals surface area contributed by atoms with E-state index in [-0.39, 0.29) is 12.2 Å². The lowest BCUT2D eigenvalue weighted by Gasteiger charge is -2.01. The molecule has 1 aromatic rings. The molecule has 0 aromatic carbocycles. The summed E-state index contributed by atoms with van der Waals surface area (Å²) in [4.78, 5) is 24.7. The Kier molecular flexibility index (Phi) is 3.17. The van der Waals surface area contributed by atoms with Crippen molar-refractivity contribution < 1.29 is 19.4 Å². The largest absolute Gasteiger partial charge is 0.478 e. The fourth-order valence-electron chi connectivity index (χ4n) is 0.868. The Hall–Kier alpha value is -1.91. The third-order valence-corrected chi connectivity index (χ3v) is 1.48. The topological polar surface area (TPSA) is 76.5 Å². The first kappa shape index (κ1) is 10.2. The van der Waals surface area contributed by atoms with Crippen molar-refractivity contribution >= 4 is 11.9 Å². The second kappa shape index (κ2) is 4.36. The molecule has 0 bridgehead atoms. The highest BCUT2D eigenvalue weighted by Gasteiger charge is 2.04. The molecular formula is C9H9NO4. The van der Waals surface area contributed by atoms with Gasteiger partial charge in [-0.15, -0.1) is 0 Å². The molecule has 0 radical (unpaired) electrons. The van der Waals surface area contributed by atoms with Crippen molar-refractivity contribution in [2.24, 2.45) is 0 Å². The van der Waals surface area contributed by atoms with Gasteiger partial charge in [-0.25, -0.2) is 4.79 Å². The van der Waals surface area contributed by atoms with E-state index in [2.05, 4.69) is 4.98 Å². The summed E-state index contributed by atoms with van der Waals surface area (Å²) < 4.78 is 4.69. The lowest BCUT2D eigenvalue weighted by atomic mass is 10.2. The van der Waals surface area contributed by atoms with Crippen molar-refractivity contribution in [3.63, 3.8) is 0 Å². The fourth-order valence-corrected chi connectivity index (χ4v) is 0.868. The zero-order valence-corrected chi connectivity index (χ0v) is 7.56. The molecule has 5 nitrogen and oxygen atoms in total. The summed E-state index contributed by atoms with van der Waals surface area (Å²) in [7, 11) is 0. The Labute approximate surface area is 80.3 Å². The van der Waals surface area contributed by atoms with Crippen molar-refractivity contribution in [1.82, 2.24) is 4.98 Å². The Bertz CT molecular complexity index is 362. The number of nitrogens with zero attached hydrogens (tertiary/aromatic N) is 1. The van der Waals surface area contributed by atoms with E-state index in [1.54, 1.807) is 0 Å². The second-order valence-corrected chi connectivity index (χ2v) is 2.67. The van der Waals surface area contributed by atoms with Crippen LogP contribution >= 0.6 is 0 Å². The Balaban J connectivity index is 2.73. The SMILES string of the molecule is CC(=O)OCc1cncc(C(=O)O)c1. The molecule has 0 spiro atoms. The van der Waals surface area contributed by atoms with Gasteiger partial charge in [0.05, 0.1) is 5.56 Å². The molecular weight excluding hydrogens is 186 g/mol. The summed E-state index contributed by atoms with van der Waals surface area (Å²) >= 11 is 0. The monoisotopic (exact) mass is 195 g/mol. The van der Waals surface area contributed by atoms with Gasteiger partial charge >= 0.3 is 11.9 Å². The first-order chi connectivity index (χ1) is 6.59. The molecule has 0 aliphatic rings. The molecule has 5 heteroatoms. The van der Waals surface area contributed by atoms with E-state index in [1.807, 2.05) is 0 Å². The highest BCUT2D eigenvalue weighted by Crippen LogP contribution is 2.04. The summed E-state index contributed by atoms with van der Waals surface area (Å²) in [6, 6.07) is 1.41. The van der Waals surface area contributed by atoms with Gasteiger partial charge in [0, 0.05) is 24.9 Å². The molecule has 1 aromatic heterocycles. The van der Waals surface area contributed by atoms with E-state index in [9.17, 15) is 9.59 Å². The average Bonchev–Trinajstić information content (AvgIpc) is 2.15. The summed E-state index contributed by atoms with van der Waals surface area (Å²) in [5, 5.41) is 8.64. The van der Waals surface area contributed by atoms with Crippen LogP contribution in [-0.2, 0) is 16.1 Å². The normalized spacial score (nSPS) is 9.50. The summed E-state index contributed by atoms with van der Waals surface area (Å²) in [6.45, 7) is 1.33. The zero-order valence-electron chi connectivity index (χ0n) is 7.56. The van der Waals surface area contributed by atoms with Gasteiger partial charge in [-0.1, -0.05) is 0 Å². The number of carboxylic acids is 1. The summed E-state index contributed by atoms with van der Waals surface area (Å²) in [5.41, 5.74) is 0.634. The van der Waals surface area contributed by atoms with Crippen molar-refractivity contribution in [1.29, 1.82) is 0 Å². The van der Waals surface area contributed by atoms with Gasteiger partial charge in [-0.2, -0.15) is 0 Å². The van der Waals surface area contributed by atoms with Crippen molar-refractivity contribution in [2.45, 2.75) is 13.5 Å². The van der Waals surface area contributed by atoms with E-state index in [4.69, 9.17) is 9.84 Å². The van der Waals surface area contributed by atoms with Gasteiger partial charge in [0.2, 0.25) is 0 Å². The average molecular weight is 195 g/mol. The van der Waals surface area contributed by atoms with Gasteiger partial charge in [0.1, 0.15) is 6.61 Å². The number of esters is 1. The van der Waals surface area contributed by atoms with Crippen LogP contribution in [0.4, 0.5) is 0 Å². The van der Waals surface area contributed by atoms with Crippen LogP contribution in [-0.4, -0.2) is 22.0 Å². The fraction of sp³-hybridized carbons (Fsp3) is 0.222. The minimum Gasteiger partial charge on any atom is -0.478 e. The van der Waals surface area contributed by atoms with Gasteiger partial charge in [-0.3, -0.25) is 9.78 Å². The number of hydrogen-bond acceptors (Lipinski definition) is 4. The number of aromatic nitrogens is 1. The minimum absolute atomic E-state index is 0.0451. The molecule has 1 rings (SSSR count). The van der Waals surface area contributed by atoms with Crippen LogP contribution in [0.3, 0.4) is 0 Å². The predicted molar refractivity (Wildman–Crippen MR) is 46.7 cm³/mol. The third-order valence-electron chi connectivity index (χ3n) is 1.48. The number of rotatable bonds is 3. The number of aromatic carboxylic acids is 1. The molecule has 1 heterocycles.